The third kappa shape index (κ3) is 4.44. The number of hydrogen-bond acceptors (Lipinski definition) is 8. The van der Waals surface area contributed by atoms with E-state index in [0.29, 0.717) is 25.1 Å². The lowest BCUT2D eigenvalue weighted by atomic mass is 9.81. The standard InChI is InChI=1S/C21H33BN4O5/c1-20(2)21(3,4)31-22(30-20)14-10-23-19(24-11-14)26(15-7-8-15)12-16-6-5-9-25(16)18(29)17(28)13-27/h10-11,15-17,27-28H,5-9,12-13H2,1-4H3/t16-,17+/m1/s1. The van der Waals surface area contributed by atoms with Gasteiger partial charge in [0.2, 0.25) is 5.95 Å². The van der Waals surface area contributed by atoms with Crippen LogP contribution < -0.4 is 10.4 Å². The van der Waals surface area contributed by atoms with Gasteiger partial charge in [0.25, 0.3) is 5.91 Å². The highest BCUT2D eigenvalue weighted by molar-refractivity contribution is 6.61. The lowest BCUT2D eigenvalue weighted by Gasteiger charge is -2.32. The Kier molecular flexibility index (Phi) is 6.02. The van der Waals surface area contributed by atoms with E-state index in [4.69, 9.17) is 14.4 Å². The second kappa shape index (κ2) is 8.31. The smallest absolute Gasteiger partial charge is 0.399 e. The Hall–Kier alpha value is -1.75. The molecule has 9 nitrogen and oxygen atoms in total. The van der Waals surface area contributed by atoms with Crippen molar-refractivity contribution >= 4 is 24.4 Å². The van der Waals surface area contributed by atoms with Crippen molar-refractivity contribution in [2.24, 2.45) is 0 Å². The Labute approximate surface area is 183 Å². The number of carbonyl (C=O) groups excluding carboxylic acids is 1. The third-order valence-electron chi connectivity index (χ3n) is 6.95. The van der Waals surface area contributed by atoms with E-state index >= 15 is 0 Å². The van der Waals surface area contributed by atoms with Crippen LogP contribution in [0.15, 0.2) is 12.4 Å². The third-order valence-corrected chi connectivity index (χ3v) is 6.95. The minimum atomic E-state index is -1.36. The van der Waals surface area contributed by atoms with E-state index in [9.17, 15) is 9.90 Å². The molecule has 1 aromatic rings. The Morgan fingerprint density at radius 2 is 1.84 bits per heavy atom. The second-order valence-corrected chi connectivity index (χ2v) is 9.81. The second-order valence-electron chi connectivity index (χ2n) is 9.81. The van der Waals surface area contributed by atoms with E-state index in [1.165, 1.54) is 0 Å². The largest absolute Gasteiger partial charge is 0.498 e. The zero-order valence-electron chi connectivity index (χ0n) is 18.8. The highest BCUT2D eigenvalue weighted by atomic mass is 16.7. The summed E-state index contributed by atoms with van der Waals surface area (Å²) in [7, 11) is -0.503. The molecule has 0 aromatic carbocycles. The van der Waals surface area contributed by atoms with E-state index in [0.717, 1.165) is 31.1 Å². The number of anilines is 1. The van der Waals surface area contributed by atoms with Crippen LogP contribution in [-0.4, -0.2) is 87.2 Å². The van der Waals surface area contributed by atoms with E-state index in [1.54, 1.807) is 17.3 Å². The maximum absolute atomic E-state index is 12.4. The van der Waals surface area contributed by atoms with Gasteiger partial charge in [0.15, 0.2) is 6.10 Å². The molecule has 3 heterocycles. The fraction of sp³-hybridized carbons (Fsp3) is 0.762. The van der Waals surface area contributed by atoms with Gasteiger partial charge in [-0.3, -0.25) is 4.79 Å². The number of aromatic nitrogens is 2. The van der Waals surface area contributed by atoms with Crippen molar-refractivity contribution in [1.29, 1.82) is 0 Å². The molecule has 1 aliphatic carbocycles. The van der Waals surface area contributed by atoms with Crippen LogP contribution in [0.25, 0.3) is 0 Å². The zero-order valence-corrected chi connectivity index (χ0v) is 18.8. The summed E-state index contributed by atoms with van der Waals surface area (Å²) in [6.45, 7) is 8.71. The van der Waals surface area contributed by atoms with Gasteiger partial charge in [0.1, 0.15) is 0 Å². The summed E-state index contributed by atoms with van der Waals surface area (Å²) in [5.74, 6) is 0.225. The van der Waals surface area contributed by atoms with Gasteiger partial charge in [-0.25, -0.2) is 9.97 Å². The number of hydrogen-bond donors (Lipinski definition) is 2. The quantitative estimate of drug-likeness (QED) is 0.584. The van der Waals surface area contributed by atoms with Crippen LogP contribution in [0.4, 0.5) is 5.95 Å². The van der Waals surface area contributed by atoms with Crippen LogP contribution in [0.2, 0.25) is 0 Å². The molecule has 0 spiro atoms. The monoisotopic (exact) mass is 432 g/mol. The number of aliphatic hydroxyl groups excluding tert-OH is 2. The molecule has 3 aliphatic rings. The first-order valence-corrected chi connectivity index (χ1v) is 11.2. The summed E-state index contributed by atoms with van der Waals surface area (Å²) in [6, 6.07) is 0.337. The van der Waals surface area contributed by atoms with Gasteiger partial charge >= 0.3 is 7.12 Å². The summed E-state index contributed by atoms with van der Waals surface area (Å²) in [5, 5.41) is 18.9. The average Bonchev–Trinajstić information content (AvgIpc) is 3.42. The molecule has 170 valence electrons. The molecule has 0 bridgehead atoms. The summed E-state index contributed by atoms with van der Waals surface area (Å²) in [6.07, 6.45) is 6.05. The summed E-state index contributed by atoms with van der Waals surface area (Å²) in [4.78, 5) is 25.5. The molecule has 1 aromatic heterocycles. The van der Waals surface area contributed by atoms with Crippen molar-refractivity contribution in [3.05, 3.63) is 12.4 Å². The lowest BCUT2D eigenvalue weighted by Crippen LogP contribution is -2.48. The zero-order chi connectivity index (χ0) is 22.4. The molecule has 0 unspecified atom stereocenters. The molecule has 1 saturated carbocycles. The van der Waals surface area contributed by atoms with Crippen LogP contribution in [0.5, 0.6) is 0 Å². The molecular weight excluding hydrogens is 399 g/mol. The minimum Gasteiger partial charge on any atom is -0.399 e. The molecule has 3 fully saturated rings. The number of carbonyl (C=O) groups is 1. The topological polar surface area (TPSA) is 108 Å². The fourth-order valence-electron chi connectivity index (χ4n) is 4.17. The number of amides is 1. The van der Waals surface area contributed by atoms with Gasteiger partial charge in [0, 0.05) is 43.0 Å². The normalized spacial score (nSPS) is 25.7. The summed E-state index contributed by atoms with van der Waals surface area (Å²) in [5.41, 5.74) is -0.0657. The van der Waals surface area contributed by atoms with Crippen molar-refractivity contribution < 1.29 is 24.3 Å². The number of aliphatic hydroxyl groups is 2. The van der Waals surface area contributed by atoms with Crippen LogP contribution in [-0.2, 0) is 14.1 Å². The first kappa shape index (κ1) is 22.4. The van der Waals surface area contributed by atoms with Crippen LogP contribution in [0.3, 0.4) is 0 Å². The van der Waals surface area contributed by atoms with Gasteiger partial charge in [-0.2, -0.15) is 0 Å². The molecule has 31 heavy (non-hydrogen) atoms. The Morgan fingerprint density at radius 3 is 2.39 bits per heavy atom. The first-order chi connectivity index (χ1) is 14.6. The summed E-state index contributed by atoms with van der Waals surface area (Å²) < 4.78 is 12.2. The lowest BCUT2D eigenvalue weighted by molar-refractivity contribution is -0.142. The van der Waals surface area contributed by atoms with Crippen molar-refractivity contribution in [2.45, 2.75) is 82.8 Å². The molecule has 2 atom stereocenters. The van der Waals surface area contributed by atoms with Gasteiger partial charge in [0.05, 0.1) is 17.8 Å². The molecule has 0 radical (unpaired) electrons. The molecular formula is C21H33BN4O5. The van der Waals surface area contributed by atoms with Gasteiger partial charge < -0.3 is 29.3 Å². The van der Waals surface area contributed by atoms with Crippen LogP contribution >= 0.6 is 0 Å². The summed E-state index contributed by atoms with van der Waals surface area (Å²) >= 11 is 0. The molecule has 2 saturated heterocycles. The molecule has 2 aliphatic heterocycles. The van der Waals surface area contributed by atoms with Crippen molar-refractivity contribution in [2.75, 3.05) is 24.6 Å². The van der Waals surface area contributed by atoms with E-state index in [1.807, 2.05) is 27.7 Å². The Morgan fingerprint density at radius 1 is 1.23 bits per heavy atom. The SMILES string of the molecule is CC1(C)OB(c2cnc(N(C[C@H]3CCCN3C(=O)[C@@H](O)CO)C3CC3)nc2)OC1(C)C. The Bertz CT molecular complexity index is 785. The van der Waals surface area contributed by atoms with Crippen LogP contribution in [0.1, 0.15) is 53.4 Å². The van der Waals surface area contributed by atoms with Crippen LogP contribution in [0, 0.1) is 0 Å². The van der Waals surface area contributed by atoms with E-state index in [2.05, 4.69) is 14.9 Å². The van der Waals surface area contributed by atoms with Gasteiger partial charge in [-0.15, -0.1) is 0 Å². The van der Waals surface area contributed by atoms with Gasteiger partial charge in [-0.05, 0) is 53.4 Å². The maximum Gasteiger partial charge on any atom is 0.498 e. The highest BCUT2D eigenvalue weighted by Gasteiger charge is 2.52. The average molecular weight is 432 g/mol. The number of rotatable bonds is 7. The molecule has 4 rings (SSSR count). The minimum absolute atomic E-state index is 0.0272. The van der Waals surface area contributed by atoms with Crippen molar-refractivity contribution in [3.63, 3.8) is 0 Å². The first-order valence-electron chi connectivity index (χ1n) is 11.2. The van der Waals surface area contributed by atoms with Crippen molar-refractivity contribution in [1.82, 2.24) is 14.9 Å². The predicted molar refractivity (Wildman–Crippen MR) is 116 cm³/mol. The predicted octanol–water partition coefficient (Wildman–Crippen LogP) is 0.0888. The van der Waals surface area contributed by atoms with E-state index in [-0.39, 0.29) is 6.04 Å². The molecule has 1 amide bonds. The van der Waals surface area contributed by atoms with Gasteiger partial charge in [-0.1, -0.05) is 0 Å². The maximum atomic E-state index is 12.4. The molecule has 10 heteroatoms. The number of likely N-dealkylation sites (tertiary alicyclic amines) is 1. The Balaban J connectivity index is 1.47. The van der Waals surface area contributed by atoms with E-state index < -0.39 is 36.9 Å². The number of nitrogens with zero attached hydrogens (tertiary/aromatic N) is 4. The van der Waals surface area contributed by atoms with Crippen molar-refractivity contribution in [3.8, 4) is 0 Å². The fourth-order valence-corrected chi connectivity index (χ4v) is 4.17. The highest BCUT2D eigenvalue weighted by Crippen LogP contribution is 2.36. The molecule has 2 N–H and O–H groups in total.